The second-order valence-corrected chi connectivity index (χ2v) is 9.43. The largest absolute Gasteiger partial charge is 0.326 e. The van der Waals surface area contributed by atoms with Gasteiger partial charge < -0.3 is 4.89 Å². The van der Waals surface area contributed by atoms with Gasteiger partial charge in [-0.1, -0.05) is 30.3 Å². The highest BCUT2D eigenvalue weighted by molar-refractivity contribution is 8.55. The van der Waals surface area contributed by atoms with Crippen LogP contribution >= 0.6 is 18.1 Å². The molecule has 0 aliphatic heterocycles. The topological polar surface area (TPSA) is 75.1 Å². The van der Waals surface area contributed by atoms with Gasteiger partial charge in [-0.25, -0.2) is 5.09 Å². The van der Waals surface area contributed by atoms with E-state index in [1.54, 1.807) is 12.4 Å². The lowest BCUT2D eigenvalue weighted by molar-refractivity contribution is 0.483. The van der Waals surface area contributed by atoms with Crippen LogP contribution in [0.1, 0.15) is 11.3 Å². The van der Waals surface area contributed by atoms with Gasteiger partial charge >= 0.3 is 6.72 Å². The van der Waals surface area contributed by atoms with E-state index in [9.17, 15) is 9.46 Å². The third-order valence-electron chi connectivity index (χ3n) is 3.53. The highest BCUT2D eigenvalue weighted by Crippen LogP contribution is 2.52. The number of benzene rings is 1. The van der Waals surface area contributed by atoms with Crippen LogP contribution in [0.15, 0.2) is 60.9 Å². The number of rotatable bonds is 7. The van der Waals surface area contributed by atoms with Gasteiger partial charge in [0.2, 0.25) is 0 Å². The first-order chi connectivity index (χ1) is 11.6. The minimum Gasteiger partial charge on any atom is -0.326 e. The molecule has 0 bridgehead atoms. The molecule has 3 aromatic rings. The molecule has 5 nitrogen and oxygen atoms in total. The van der Waals surface area contributed by atoms with Gasteiger partial charge in [-0.15, -0.1) is 0 Å². The van der Waals surface area contributed by atoms with Gasteiger partial charge in [0.05, 0.1) is 5.52 Å². The Hall–Kier alpha value is -1.72. The molecule has 2 aromatic heterocycles. The maximum atomic E-state index is 12.3. The van der Waals surface area contributed by atoms with Gasteiger partial charge in [-0.3, -0.25) is 14.5 Å². The van der Waals surface area contributed by atoms with Crippen molar-refractivity contribution in [1.29, 1.82) is 0 Å². The van der Waals surface area contributed by atoms with Crippen molar-refractivity contribution in [3.63, 3.8) is 0 Å². The summed E-state index contributed by atoms with van der Waals surface area (Å²) in [7, 11) is 0. The average molecular weight is 359 g/mol. The maximum Gasteiger partial charge on any atom is 0.324 e. The van der Waals surface area contributed by atoms with E-state index >= 15 is 0 Å². The first-order valence-electron chi connectivity index (χ1n) is 7.59. The minimum atomic E-state index is -3.46. The lowest BCUT2D eigenvalue weighted by Crippen LogP contribution is -2.13. The summed E-state index contributed by atoms with van der Waals surface area (Å²) in [5.41, 5.74) is 2.73. The normalized spacial score (nSPS) is 13.7. The van der Waals surface area contributed by atoms with E-state index in [1.807, 2.05) is 48.5 Å². The van der Waals surface area contributed by atoms with Gasteiger partial charge in [-0.05, 0) is 35.1 Å². The fourth-order valence-electron chi connectivity index (χ4n) is 2.36. The van der Waals surface area contributed by atoms with Gasteiger partial charge in [0.15, 0.2) is 0 Å². The quantitative estimate of drug-likeness (QED) is 0.625. The summed E-state index contributed by atoms with van der Waals surface area (Å²) in [4.78, 5) is 18.7. The van der Waals surface area contributed by atoms with E-state index in [4.69, 9.17) is 0 Å². The first kappa shape index (κ1) is 17.1. The van der Waals surface area contributed by atoms with Crippen LogP contribution in [0.2, 0.25) is 0 Å². The van der Waals surface area contributed by atoms with Crippen LogP contribution in [0, 0.1) is 0 Å². The van der Waals surface area contributed by atoms with Crippen LogP contribution in [0.25, 0.3) is 10.9 Å². The summed E-state index contributed by atoms with van der Waals surface area (Å²) in [6.45, 7) is -3.05. The molecule has 0 amide bonds. The van der Waals surface area contributed by atoms with Crippen molar-refractivity contribution in [3.8, 4) is 0 Å². The Labute approximate surface area is 144 Å². The van der Waals surface area contributed by atoms with E-state index in [1.165, 1.54) is 0 Å². The summed E-state index contributed by atoms with van der Waals surface area (Å²) in [5.74, 6) is 0.429. The second-order valence-electron chi connectivity index (χ2n) is 5.27. The second kappa shape index (κ2) is 7.90. The number of pyridine rings is 2. The number of nitrogens with one attached hydrogen (secondary N) is 1. The minimum absolute atomic E-state index is 0.408. The van der Waals surface area contributed by atoms with E-state index in [0.29, 0.717) is 18.7 Å². The van der Waals surface area contributed by atoms with Crippen molar-refractivity contribution in [3.05, 3.63) is 72.2 Å². The molecule has 7 heteroatoms. The number of para-hydroxylation sites is 1. The van der Waals surface area contributed by atoms with Gasteiger partial charge in [0.25, 0.3) is 0 Å². The molecular weight excluding hydrogens is 341 g/mol. The fourth-order valence-corrected chi connectivity index (χ4v) is 4.88. The monoisotopic (exact) mass is 359 g/mol. The molecule has 0 fully saturated rings. The number of nitrogens with zero attached hydrogens (tertiary/aromatic N) is 2. The van der Waals surface area contributed by atoms with Crippen LogP contribution in [-0.2, 0) is 16.7 Å². The Morgan fingerprint density at radius 2 is 1.88 bits per heavy atom. The Bertz CT molecular complexity index is 855. The molecule has 0 saturated carbocycles. The van der Waals surface area contributed by atoms with Crippen LogP contribution in [-0.4, -0.2) is 21.4 Å². The molecule has 24 heavy (non-hydrogen) atoms. The number of hydrogen-bond acceptors (Lipinski definition) is 4. The number of hydrogen-bond donors (Lipinski definition) is 2. The lowest BCUT2D eigenvalue weighted by atomic mass is 10.1. The molecular formula is C17H18N3O2PS. The molecule has 1 unspecified atom stereocenters. The average Bonchev–Trinajstić information content (AvgIpc) is 2.61. The van der Waals surface area contributed by atoms with Crippen molar-refractivity contribution in [1.82, 2.24) is 15.1 Å². The Balaban J connectivity index is 1.57. The summed E-state index contributed by atoms with van der Waals surface area (Å²) in [5, 5.41) is 3.77. The fraction of sp³-hybridized carbons (Fsp3) is 0.176. The van der Waals surface area contributed by atoms with Crippen molar-refractivity contribution in [2.75, 3.05) is 6.54 Å². The zero-order chi connectivity index (χ0) is 16.8. The summed E-state index contributed by atoms with van der Waals surface area (Å²) in [6.07, 6.45) is 4.07. The molecule has 0 saturated heterocycles. The van der Waals surface area contributed by atoms with Gasteiger partial charge in [-0.2, -0.15) is 0 Å². The number of aromatic nitrogens is 2. The van der Waals surface area contributed by atoms with Crippen molar-refractivity contribution in [2.45, 2.75) is 12.2 Å². The summed E-state index contributed by atoms with van der Waals surface area (Å²) in [6, 6.07) is 15.4. The maximum absolute atomic E-state index is 12.3. The van der Waals surface area contributed by atoms with Crippen molar-refractivity contribution >= 4 is 29.0 Å². The molecule has 124 valence electrons. The van der Waals surface area contributed by atoms with E-state index in [0.717, 1.165) is 33.5 Å². The van der Waals surface area contributed by atoms with Crippen molar-refractivity contribution in [2.24, 2.45) is 0 Å². The Morgan fingerprint density at radius 1 is 1.04 bits per heavy atom. The molecule has 2 N–H and O–H groups in total. The molecule has 0 aliphatic rings. The van der Waals surface area contributed by atoms with Crippen LogP contribution < -0.4 is 5.09 Å². The molecule has 0 aliphatic carbocycles. The molecule has 1 aromatic carbocycles. The van der Waals surface area contributed by atoms with E-state index in [-0.39, 0.29) is 0 Å². The number of fused-ring (bicyclic) bond motifs is 1. The smallest absolute Gasteiger partial charge is 0.324 e. The zero-order valence-corrected chi connectivity index (χ0v) is 14.7. The third-order valence-corrected chi connectivity index (χ3v) is 6.77. The van der Waals surface area contributed by atoms with Crippen LogP contribution in [0.5, 0.6) is 0 Å². The van der Waals surface area contributed by atoms with Crippen LogP contribution in [0.4, 0.5) is 0 Å². The van der Waals surface area contributed by atoms with E-state index in [2.05, 4.69) is 15.1 Å². The molecule has 3 rings (SSSR count). The van der Waals surface area contributed by atoms with Crippen molar-refractivity contribution < 1.29 is 9.46 Å². The standard InChI is InChI=1S/C17H18N3O2PS/c21-23(22,20-12-9-16-8-1-2-10-18-16)24-13-15-6-3-5-14-7-4-11-19-17(14)15/h1-8,10-11H,9,12-13H2,(H2,20,21,22). The zero-order valence-electron chi connectivity index (χ0n) is 13.0. The lowest BCUT2D eigenvalue weighted by Gasteiger charge is -2.13. The SMILES string of the molecule is O=P(O)(NCCc1ccccn1)SCc1cccc2cccnc12. The van der Waals surface area contributed by atoms with Crippen LogP contribution in [0.3, 0.4) is 0 Å². The Kier molecular flexibility index (Phi) is 5.63. The predicted octanol–water partition coefficient (Wildman–Crippen LogP) is 3.80. The Morgan fingerprint density at radius 3 is 2.71 bits per heavy atom. The highest BCUT2D eigenvalue weighted by Gasteiger charge is 2.18. The molecule has 1 atom stereocenters. The van der Waals surface area contributed by atoms with Gasteiger partial charge in [0.1, 0.15) is 0 Å². The highest BCUT2D eigenvalue weighted by atomic mass is 32.7. The molecule has 0 radical (unpaired) electrons. The van der Waals surface area contributed by atoms with Gasteiger partial charge in [0, 0.05) is 42.2 Å². The first-order valence-corrected chi connectivity index (χ1v) is 10.8. The summed E-state index contributed by atoms with van der Waals surface area (Å²) < 4.78 is 12.3. The molecule has 2 heterocycles. The van der Waals surface area contributed by atoms with E-state index < -0.39 is 6.72 Å². The third kappa shape index (κ3) is 4.65. The predicted molar refractivity (Wildman–Crippen MR) is 98.8 cm³/mol. The molecule has 0 spiro atoms. The summed E-state index contributed by atoms with van der Waals surface area (Å²) >= 11 is 1.02.